The summed E-state index contributed by atoms with van der Waals surface area (Å²) in [7, 11) is 0. The van der Waals surface area contributed by atoms with Crippen molar-refractivity contribution < 1.29 is 4.79 Å². The van der Waals surface area contributed by atoms with Crippen LogP contribution in [-0.4, -0.2) is 12.5 Å². The molecule has 3 N–H and O–H groups in total. The van der Waals surface area contributed by atoms with Gasteiger partial charge in [0.05, 0.1) is 6.04 Å². The number of carbonyl (C=O) groups is 1. The first-order valence-corrected chi connectivity index (χ1v) is 7.72. The largest absolute Gasteiger partial charge is 0.345 e. The Labute approximate surface area is 127 Å². The zero-order chi connectivity index (χ0) is 14.5. The van der Waals surface area contributed by atoms with Crippen molar-refractivity contribution in [1.82, 2.24) is 5.32 Å². The van der Waals surface area contributed by atoms with Crippen LogP contribution in [0.4, 0.5) is 0 Å². The minimum absolute atomic E-state index is 0.0429. The summed E-state index contributed by atoms with van der Waals surface area (Å²) < 4.78 is 0. The average molecular weight is 309 g/mol. The predicted molar refractivity (Wildman–Crippen MR) is 84.0 cm³/mol. The van der Waals surface area contributed by atoms with Crippen LogP contribution in [0.15, 0.2) is 41.1 Å². The lowest BCUT2D eigenvalue weighted by Gasteiger charge is -2.20. The number of halogens is 1. The molecule has 1 aromatic heterocycles. The van der Waals surface area contributed by atoms with Crippen LogP contribution in [0, 0.1) is 5.92 Å². The molecule has 20 heavy (non-hydrogen) atoms. The molecule has 1 aromatic carbocycles. The first-order chi connectivity index (χ1) is 9.61. The lowest BCUT2D eigenvalue weighted by molar-refractivity contribution is -0.124. The highest BCUT2D eigenvalue weighted by Crippen LogP contribution is 2.25. The van der Waals surface area contributed by atoms with Gasteiger partial charge in [-0.1, -0.05) is 30.7 Å². The van der Waals surface area contributed by atoms with Crippen molar-refractivity contribution in [2.75, 3.05) is 6.54 Å². The van der Waals surface area contributed by atoms with Crippen molar-refractivity contribution in [2.45, 2.75) is 13.0 Å². The van der Waals surface area contributed by atoms with Crippen molar-refractivity contribution in [3.8, 4) is 0 Å². The molecule has 0 aliphatic rings. The molecule has 0 radical (unpaired) electrons. The van der Waals surface area contributed by atoms with E-state index in [2.05, 4.69) is 5.32 Å². The minimum atomic E-state index is -0.205. The number of thiophene rings is 1. The Hall–Kier alpha value is -1.36. The standard InChI is InChI=1S/C15H17ClN2OS/c1-10(8-17)15(19)18-14(12-6-7-20-9-12)11-2-4-13(16)5-3-11/h2-7,9-10,14H,8,17H2,1H3,(H,18,19). The van der Waals surface area contributed by atoms with Crippen molar-refractivity contribution in [1.29, 1.82) is 0 Å². The van der Waals surface area contributed by atoms with Crippen LogP contribution < -0.4 is 11.1 Å². The van der Waals surface area contributed by atoms with Gasteiger partial charge < -0.3 is 11.1 Å². The number of benzene rings is 1. The van der Waals surface area contributed by atoms with E-state index >= 15 is 0 Å². The summed E-state index contributed by atoms with van der Waals surface area (Å²) >= 11 is 7.52. The SMILES string of the molecule is CC(CN)C(=O)NC(c1ccc(Cl)cc1)c1ccsc1. The van der Waals surface area contributed by atoms with Crippen LogP contribution in [0.3, 0.4) is 0 Å². The summed E-state index contributed by atoms with van der Waals surface area (Å²) in [4.78, 5) is 12.1. The molecule has 3 nitrogen and oxygen atoms in total. The summed E-state index contributed by atoms with van der Waals surface area (Å²) in [6.45, 7) is 2.16. The Morgan fingerprint density at radius 2 is 2.00 bits per heavy atom. The van der Waals surface area contributed by atoms with E-state index in [1.165, 1.54) is 0 Å². The van der Waals surface area contributed by atoms with Gasteiger partial charge in [-0.05, 0) is 40.1 Å². The molecule has 1 amide bonds. The number of amides is 1. The van der Waals surface area contributed by atoms with E-state index < -0.39 is 0 Å². The predicted octanol–water partition coefficient (Wildman–Crippen LogP) is 3.20. The van der Waals surface area contributed by atoms with E-state index in [0.29, 0.717) is 11.6 Å². The molecular formula is C15H17ClN2OS. The minimum Gasteiger partial charge on any atom is -0.345 e. The maximum absolute atomic E-state index is 12.1. The number of hydrogen-bond acceptors (Lipinski definition) is 3. The van der Waals surface area contributed by atoms with Crippen LogP contribution >= 0.6 is 22.9 Å². The summed E-state index contributed by atoms with van der Waals surface area (Å²) in [6, 6.07) is 9.36. The molecule has 0 aliphatic heterocycles. The first-order valence-electron chi connectivity index (χ1n) is 6.40. The van der Waals surface area contributed by atoms with Gasteiger partial charge in [-0.3, -0.25) is 4.79 Å². The molecule has 106 valence electrons. The quantitative estimate of drug-likeness (QED) is 0.891. The normalized spacial score (nSPS) is 13.8. The fraction of sp³-hybridized carbons (Fsp3) is 0.267. The fourth-order valence-corrected chi connectivity index (χ4v) is 2.66. The Morgan fingerprint density at radius 3 is 2.55 bits per heavy atom. The Bertz CT molecular complexity index is 554. The van der Waals surface area contributed by atoms with Gasteiger partial charge >= 0.3 is 0 Å². The number of hydrogen-bond donors (Lipinski definition) is 2. The number of nitrogens with one attached hydrogen (secondary N) is 1. The second-order valence-corrected chi connectivity index (χ2v) is 5.90. The van der Waals surface area contributed by atoms with Gasteiger partial charge in [0.2, 0.25) is 5.91 Å². The molecule has 2 rings (SSSR count). The van der Waals surface area contributed by atoms with Crippen LogP contribution in [0.25, 0.3) is 0 Å². The molecule has 2 atom stereocenters. The second kappa shape index (κ2) is 6.88. The zero-order valence-corrected chi connectivity index (χ0v) is 12.7. The smallest absolute Gasteiger partial charge is 0.224 e. The number of nitrogens with two attached hydrogens (primary N) is 1. The monoisotopic (exact) mass is 308 g/mol. The molecular weight excluding hydrogens is 292 g/mol. The van der Waals surface area contributed by atoms with E-state index in [1.54, 1.807) is 11.3 Å². The third kappa shape index (κ3) is 3.60. The molecule has 0 fully saturated rings. The summed E-state index contributed by atoms with van der Waals surface area (Å²) in [5.74, 6) is -0.248. The highest BCUT2D eigenvalue weighted by atomic mass is 35.5. The van der Waals surface area contributed by atoms with E-state index in [-0.39, 0.29) is 17.9 Å². The lowest BCUT2D eigenvalue weighted by atomic mass is 10.00. The van der Waals surface area contributed by atoms with E-state index in [4.69, 9.17) is 17.3 Å². The van der Waals surface area contributed by atoms with Gasteiger partial charge in [0, 0.05) is 17.5 Å². The fourth-order valence-electron chi connectivity index (χ4n) is 1.85. The highest BCUT2D eigenvalue weighted by Gasteiger charge is 2.20. The summed E-state index contributed by atoms with van der Waals surface area (Å²) in [5, 5.41) is 7.76. The maximum atomic E-state index is 12.1. The van der Waals surface area contributed by atoms with Crippen molar-refractivity contribution >= 4 is 28.8 Å². The zero-order valence-electron chi connectivity index (χ0n) is 11.2. The Balaban J connectivity index is 2.26. The van der Waals surface area contributed by atoms with Crippen molar-refractivity contribution in [3.05, 3.63) is 57.2 Å². The molecule has 0 saturated heterocycles. The second-order valence-electron chi connectivity index (χ2n) is 4.69. The van der Waals surface area contributed by atoms with Gasteiger partial charge in [-0.15, -0.1) is 0 Å². The van der Waals surface area contributed by atoms with E-state index in [1.807, 2.05) is 48.0 Å². The van der Waals surface area contributed by atoms with Gasteiger partial charge in [0.25, 0.3) is 0 Å². The van der Waals surface area contributed by atoms with Crippen LogP contribution in [0.5, 0.6) is 0 Å². The molecule has 0 saturated carbocycles. The van der Waals surface area contributed by atoms with Crippen LogP contribution in [0.1, 0.15) is 24.1 Å². The van der Waals surface area contributed by atoms with Crippen LogP contribution in [-0.2, 0) is 4.79 Å². The molecule has 0 bridgehead atoms. The molecule has 2 aromatic rings. The van der Waals surface area contributed by atoms with Gasteiger partial charge in [0.1, 0.15) is 0 Å². The third-order valence-electron chi connectivity index (χ3n) is 3.17. The van der Waals surface area contributed by atoms with Crippen LogP contribution in [0.2, 0.25) is 5.02 Å². The lowest BCUT2D eigenvalue weighted by Crippen LogP contribution is -2.36. The molecule has 2 unspecified atom stereocenters. The molecule has 1 heterocycles. The van der Waals surface area contributed by atoms with Gasteiger partial charge in [-0.2, -0.15) is 11.3 Å². The maximum Gasteiger partial charge on any atom is 0.224 e. The van der Waals surface area contributed by atoms with E-state index in [9.17, 15) is 4.79 Å². The Kier molecular flexibility index (Phi) is 5.17. The molecule has 0 spiro atoms. The molecule has 5 heteroatoms. The van der Waals surface area contributed by atoms with E-state index in [0.717, 1.165) is 11.1 Å². The van der Waals surface area contributed by atoms with Gasteiger partial charge in [-0.25, -0.2) is 0 Å². The average Bonchev–Trinajstić information content (AvgIpc) is 2.98. The Morgan fingerprint density at radius 1 is 1.30 bits per heavy atom. The van der Waals surface area contributed by atoms with Crippen molar-refractivity contribution in [3.63, 3.8) is 0 Å². The summed E-state index contributed by atoms with van der Waals surface area (Å²) in [5.41, 5.74) is 7.62. The van der Waals surface area contributed by atoms with Crippen molar-refractivity contribution in [2.24, 2.45) is 11.7 Å². The number of rotatable bonds is 5. The molecule has 0 aliphatic carbocycles. The highest BCUT2D eigenvalue weighted by molar-refractivity contribution is 7.08. The first kappa shape index (κ1) is 15.0. The summed E-state index contributed by atoms with van der Waals surface area (Å²) in [6.07, 6.45) is 0. The van der Waals surface area contributed by atoms with Gasteiger partial charge in [0.15, 0.2) is 0 Å². The number of carbonyl (C=O) groups excluding carboxylic acids is 1. The topological polar surface area (TPSA) is 55.1 Å². The third-order valence-corrected chi connectivity index (χ3v) is 4.12.